The summed E-state index contributed by atoms with van der Waals surface area (Å²) in [6.07, 6.45) is 3.64. The topological polar surface area (TPSA) is 43.8 Å². The average Bonchev–Trinajstić information content (AvgIpc) is 2.67. The van der Waals surface area contributed by atoms with Crippen LogP contribution in [0.3, 0.4) is 0 Å². The summed E-state index contributed by atoms with van der Waals surface area (Å²) in [4.78, 5) is 4.26. The Kier molecular flexibility index (Phi) is 3.47. The Balaban J connectivity index is 2.45. The Labute approximate surface area is 111 Å². The SMILES string of the molecule is Cn1ccnc1C(N)c1cc(Br)ccc1Br. The van der Waals surface area contributed by atoms with Crippen LogP contribution in [0.4, 0.5) is 0 Å². The van der Waals surface area contributed by atoms with Crippen molar-refractivity contribution >= 4 is 31.9 Å². The normalized spacial score (nSPS) is 12.8. The molecular weight excluding hydrogens is 334 g/mol. The summed E-state index contributed by atoms with van der Waals surface area (Å²) in [5, 5.41) is 0. The van der Waals surface area contributed by atoms with E-state index in [2.05, 4.69) is 36.8 Å². The van der Waals surface area contributed by atoms with Gasteiger partial charge in [0, 0.05) is 28.4 Å². The molecule has 5 heteroatoms. The van der Waals surface area contributed by atoms with E-state index in [-0.39, 0.29) is 6.04 Å². The number of nitrogens with two attached hydrogens (primary N) is 1. The maximum Gasteiger partial charge on any atom is 0.130 e. The number of aromatic nitrogens is 2. The molecule has 0 bridgehead atoms. The Morgan fingerprint density at radius 3 is 2.75 bits per heavy atom. The van der Waals surface area contributed by atoms with E-state index in [1.807, 2.05) is 36.0 Å². The van der Waals surface area contributed by atoms with E-state index in [4.69, 9.17) is 5.73 Å². The van der Waals surface area contributed by atoms with E-state index in [0.717, 1.165) is 20.3 Å². The highest BCUT2D eigenvalue weighted by Gasteiger charge is 2.16. The molecule has 0 spiro atoms. The van der Waals surface area contributed by atoms with Crippen LogP contribution in [0.5, 0.6) is 0 Å². The van der Waals surface area contributed by atoms with Gasteiger partial charge in [-0.25, -0.2) is 4.98 Å². The minimum atomic E-state index is -0.230. The monoisotopic (exact) mass is 343 g/mol. The first-order valence-corrected chi connectivity index (χ1v) is 6.36. The first-order chi connectivity index (χ1) is 7.59. The fourth-order valence-corrected chi connectivity index (χ4v) is 2.44. The summed E-state index contributed by atoms with van der Waals surface area (Å²) < 4.78 is 3.93. The van der Waals surface area contributed by atoms with Gasteiger partial charge in [-0.05, 0) is 23.8 Å². The summed E-state index contributed by atoms with van der Waals surface area (Å²) >= 11 is 6.95. The van der Waals surface area contributed by atoms with E-state index >= 15 is 0 Å². The van der Waals surface area contributed by atoms with E-state index in [9.17, 15) is 0 Å². The van der Waals surface area contributed by atoms with Crippen molar-refractivity contribution in [2.24, 2.45) is 12.8 Å². The molecule has 0 aliphatic heterocycles. The molecular formula is C11H11Br2N3. The molecule has 2 N–H and O–H groups in total. The highest BCUT2D eigenvalue weighted by atomic mass is 79.9. The highest BCUT2D eigenvalue weighted by Crippen LogP contribution is 2.28. The molecule has 1 atom stereocenters. The Bertz CT molecular complexity index is 508. The molecule has 1 unspecified atom stereocenters. The summed E-state index contributed by atoms with van der Waals surface area (Å²) in [5.74, 6) is 0.846. The van der Waals surface area contributed by atoms with Gasteiger partial charge in [0.25, 0.3) is 0 Å². The van der Waals surface area contributed by atoms with Gasteiger partial charge in [-0.15, -0.1) is 0 Å². The third-order valence-corrected chi connectivity index (χ3v) is 3.65. The summed E-state index contributed by atoms with van der Waals surface area (Å²) in [7, 11) is 1.94. The van der Waals surface area contributed by atoms with Crippen molar-refractivity contribution in [3.63, 3.8) is 0 Å². The molecule has 0 saturated carbocycles. The molecule has 16 heavy (non-hydrogen) atoms. The molecule has 0 saturated heterocycles. The van der Waals surface area contributed by atoms with Gasteiger partial charge in [0.15, 0.2) is 0 Å². The third kappa shape index (κ3) is 2.21. The Hall–Kier alpha value is -0.650. The molecule has 2 aromatic rings. The largest absolute Gasteiger partial charge is 0.336 e. The zero-order valence-corrected chi connectivity index (χ0v) is 11.9. The molecule has 2 rings (SSSR count). The lowest BCUT2D eigenvalue weighted by Gasteiger charge is -2.14. The first-order valence-electron chi connectivity index (χ1n) is 4.77. The zero-order chi connectivity index (χ0) is 11.7. The standard InChI is InChI=1S/C11H11Br2N3/c1-16-5-4-15-11(16)10(14)8-6-7(12)2-3-9(8)13/h2-6,10H,14H2,1H3. The Morgan fingerprint density at radius 1 is 1.38 bits per heavy atom. The second-order valence-corrected chi connectivity index (χ2v) is 5.31. The number of nitrogens with zero attached hydrogens (tertiary/aromatic N) is 2. The van der Waals surface area contributed by atoms with Gasteiger partial charge in [-0.1, -0.05) is 31.9 Å². The molecule has 1 heterocycles. The van der Waals surface area contributed by atoms with Gasteiger partial charge in [0.05, 0.1) is 6.04 Å². The average molecular weight is 345 g/mol. The molecule has 0 aliphatic rings. The van der Waals surface area contributed by atoms with Crippen molar-refractivity contribution in [3.8, 4) is 0 Å². The molecule has 0 fully saturated rings. The maximum atomic E-state index is 6.20. The summed E-state index contributed by atoms with van der Waals surface area (Å²) in [6, 6.07) is 5.72. The van der Waals surface area contributed by atoms with Gasteiger partial charge in [-0.3, -0.25) is 0 Å². The van der Waals surface area contributed by atoms with Crippen LogP contribution in [0, 0.1) is 0 Å². The van der Waals surface area contributed by atoms with Gasteiger partial charge < -0.3 is 10.3 Å². The second-order valence-electron chi connectivity index (χ2n) is 3.54. The second kappa shape index (κ2) is 4.69. The number of hydrogen-bond acceptors (Lipinski definition) is 2. The summed E-state index contributed by atoms with van der Waals surface area (Å²) in [6.45, 7) is 0. The molecule has 1 aromatic heterocycles. The van der Waals surface area contributed by atoms with Crippen LogP contribution in [-0.4, -0.2) is 9.55 Å². The van der Waals surface area contributed by atoms with E-state index < -0.39 is 0 Å². The number of halogens is 2. The predicted molar refractivity (Wildman–Crippen MR) is 71.1 cm³/mol. The zero-order valence-electron chi connectivity index (χ0n) is 8.69. The molecule has 0 amide bonds. The molecule has 84 valence electrons. The van der Waals surface area contributed by atoms with Gasteiger partial charge in [0.1, 0.15) is 5.82 Å². The molecule has 0 aliphatic carbocycles. The number of rotatable bonds is 2. The third-order valence-electron chi connectivity index (χ3n) is 2.43. The fraction of sp³-hybridized carbons (Fsp3) is 0.182. The highest BCUT2D eigenvalue weighted by molar-refractivity contribution is 9.11. The van der Waals surface area contributed by atoms with Crippen LogP contribution in [0.25, 0.3) is 0 Å². The van der Waals surface area contributed by atoms with Crippen molar-refractivity contribution in [3.05, 3.63) is 50.9 Å². The molecule has 3 nitrogen and oxygen atoms in total. The number of benzene rings is 1. The molecule has 0 radical (unpaired) electrons. The number of hydrogen-bond donors (Lipinski definition) is 1. The smallest absolute Gasteiger partial charge is 0.130 e. The number of aryl methyl sites for hydroxylation is 1. The van der Waals surface area contributed by atoms with Crippen LogP contribution in [0.1, 0.15) is 17.4 Å². The van der Waals surface area contributed by atoms with Gasteiger partial charge in [-0.2, -0.15) is 0 Å². The van der Waals surface area contributed by atoms with E-state index in [1.165, 1.54) is 0 Å². The lowest BCUT2D eigenvalue weighted by Crippen LogP contribution is -2.17. The van der Waals surface area contributed by atoms with Crippen LogP contribution >= 0.6 is 31.9 Å². The van der Waals surface area contributed by atoms with Gasteiger partial charge in [0.2, 0.25) is 0 Å². The van der Waals surface area contributed by atoms with Crippen LogP contribution in [0.15, 0.2) is 39.5 Å². The minimum absolute atomic E-state index is 0.230. The van der Waals surface area contributed by atoms with E-state index in [1.54, 1.807) is 6.20 Å². The van der Waals surface area contributed by atoms with Crippen molar-refractivity contribution in [1.29, 1.82) is 0 Å². The van der Waals surface area contributed by atoms with Crippen molar-refractivity contribution in [2.45, 2.75) is 6.04 Å². The van der Waals surface area contributed by atoms with Crippen molar-refractivity contribution in [1.82, 2.24) is 9.55 Å². The Morgan fingerprint density at radius 2 is 2.12 bits per heavy atom. The first kappa shape index (κ1) is 11.8. The quantitative estimate of drug-likeness (QED) is 0.910. The minimum Gasteiger partial charge on any atom is -0.336 e. The lowest BCUT2D eigenvalue weighted by atomic mass is 10.1. The number of imidazole rings is 1. The van der Waals surface area contributed by atoms with Crippen molar-refractivity contribution in [2.75, 3.05) is 0 Å². The molecule has 1 aromatic carbocycles. The maximum absolute atomic E-state index is 6.20. The van der Waals surface area contributed by atoms with Crippen LogP contribution in [-0.2, 0) is 7.05 Å². The van der Waals surface area contributed by atoms with Crippen LogP contribution in [0.2, 0.25) is 0 Å². The summed E-state index contributed by atoms with van der Waals surface area (Å²) in [5.41, 5.74) is 7.21. The van der Waals surface area contributed by atoms with Gasteiger partial charge >= 0.3 is 0 Å². The van der Waals surface area contributed by atoms with E-state index in [0.29, 0.717) is 0 Å². The predicted octanol–water partition coefficient (Wildman–Crippen LogP) is 2.99. The van der Waals surface area contributed by atoms with Crippen molar-refractivity contribution < 1.29 is 0 Å². The lowest BCUT2D eigenvalue weighted by molar-refractivity contribution is 0.714. The fourth-order valence-electron chi connectivity index (χ4n) is 1.57. The van der Waals surface area contributed by atoms with Crippen LogP contribution < -0.4 is 5.73 Å².